The number of fused-ring (bicyclic) bond motifs is 1. The fraction of sp³-hybridized carbons (Fsp3) is 0.368. The van der Waals surface area contributed by atoms with Crippen molar-refractivity contribution in [3.05, 3.63) is 45.6 Å². The summed E-state index contributed by atoms with van der Waals surface area (Å²) in [5, 5.41) is 4.79. The molecule has 2 heterocycles. The van der Waals surface area contributed by atoms with Crippen LogP contribution >= 0.6 is 11.3 Å². The number of amides is 1. The lowest BCUT2D eigenvalue weighted by molar-refractivity contribution is 0.0934. The zero-order valence-electron chi connectivity index (χ0n) is 14.3. The number of Topliss-reactive ketones (excluding diaryl/α,β-unsaturated/α-hetero) is 1. The first-order valence-corrected chi connectivity index (χ1v) is 9.26. The molecule has 1 aromatic heterocycles. The van der Waals surface area contributed by atoms with Gasteiger partial charge in [-0.05, 0) is 37.1 Å². The van der Waals surface area contributed by atoms with Crippen LogP contribution in [0.2, 0.25) is 0 Å². The van der Waals surface area contributed by atoms with Crippen LogP contribution in [0.1, 0.15) is 58.3 Å². The van der Waals surface area contributed by atoms with Gasteiger partial charge in [-0.1, -0.05) is 19.4 Å². The monoisotopic (exact) mass is 359 g/mol. The molecule has 132 valence electrons. The highest BCUT2D eigenvalue weighted by molar-refractivity contribution is 7.12. The maximum absolute atomic E-state index is 12.6. The zero-order valence-corrected chi connectivity index (χ0v) is 15.2. The molecule has 1 aromatic carbocycles. The van der Waals surface area contributed by atoms with Gasteiger partial charge in [-0.25, -0.2) is 0 Å². The van der Waals surface area contributed by atoms with Gasteiger partial charge in [0.2, 0.25) is 0 Å². The fourth-order valence-electron chi connectivity index (χ4n) is 2.77. The van der Waals surface area contributed by atoms with E-state index in [2.05, 4.69) is 12.2 Å². The molecule has 25 heavy (non-hydrogen) atoms. The minimum absolute atomic E-state index is 0.0269. The van der Waals surface area contributed by atoms with Crippen molar-refractivity contribution in [2.45, 2.75) is 32.7 Å². The molecule has 1 unspecified atom stereocenters. The predicted octanol–water partition coefficient (Wildman–Crippen LogP) is 3.99. The molecule has 1 N–H and O–H groups in total. The Morgan fingerprint density at radius 2 is 1.96 bits per heavy atom. The molecule has 2 aromatic rings. The Balaban J connectivity index is 1.78. The van der Waals surface area contributed by atoms with E-state index in [0.29, 0.717) is 29.4 Å². The van der Waals surface area contributed by atoms with Crippen LogP contribution in [0.15, 0.2) is 29.6 Å². The summed E-state index contributed by atoms with van der Waals surface area (Å²) in [7, 11) is 0. The maximum atomic E-state index is 12.6. The third-order valence-electron chi connectivity index (χ3n) is 4.06. The van der Waals surface area contributed by atoms with Crippen LogP contribution in [0.4, 0.5) is 0 Å². The van der Waals surface area contributed by atoms with Crippen LogP contribution < -0.4 is 14.8 Å². The molecule has 5 nitrogen and oxygen atoms in total. The first-order valence-electron chi connectivity index (χ1n) is 8.38. The standard InChI is InChI=1S/C19H21NO4S/c1-3-4-15(13-5-6-16-17(9-13)24-8-7-23-16)20-19(22)14-10-18(12(2)21)25-11-14/h5-6,9-11,15H,3-4,7-8H2,1-2H3,(H,20,22). The Bertz CT molecular complexity index is 783. The van der Waals surface area contributed by atoms with E-state index in [1.807, 2.05) is 18.2 Å². The van der Waals surface area contributed by atoms with E-state index in [-0.39, 0.29) is 17.7 Å². The number of rotatable bonds is 6. The quantitative estimate of drug-likeness (QED) is 0.792. The highest BCUT2D eigenvalue weighted by Crippen LogP contribution is 2.33. The van der Waals surface area contributed by atoms with Crippen molar-refractivity contribution < 1.29 is 19.1 Å². The number of ketones is 1. The van der Waals surface area contributed by atoms with Gasteiger partial charge in [0.05, 0.1) is 16.5 Å². The predicted molar refractivity (Wildman–Crippen MR) is 96.9 cm³/mol. The van der Waals surface area contributed by atoms with E-state index >= 15 is 0 Å². The van der Waals surface area contributed by atoms with Crippen LogP contribution in [0.25, 0.3) is 0 Å². The Labute approximate surface area is 151 Å². The van der Waals surface area contributed by atoms with Crippen LogP contribution in [0.5, 0.6) is 11.5 Å². The molecule has 0 saturated heterocycles. The Kier molecular flexibility index (Phi) is 5.38. The lowest BCUT2D eigenvalue weighted by Crippen LogP contribution is -2.28. The number of carbonyl (C=O) groups excluding carboxylic acids is 2. The first kappa shape index (κ1) is 17.5. The molecule has 6 heteroatoms. The van der Waals surface area contributed by atoms with E-state index < -0.39 is 0 Å². The van der Waals surface area contributed by atoms with E-state index in [1.165, 1.54) is 18.3 Å². The van der Waals surface area contributed by atoms with Gasteiger partial charge in [-0.15, -0.1) is 11.3 Å². The summed E-state index contributed by atoms with van der Waals surface area (Å²) >= 11 is 1.29. The molecule has 0 spiro atoms. The largest absolute Gasteiger partial charge is 0.486 e. The van der Waals surface area contributed by atoms with Crippen LogP contribution in [0.3, 0.4) is 0 Å². The van der Waals surface area contributed by atoms with Crippen LogP contribution in [0, 0.1) is 0 Å². The van der Waals surface area contributed by atoms with Crippen molar-refractivity contribution >= 4 is 23.0 Å². The zero-order chi connectivity index (χ0) is 17.8. The molecular weight excluding hydrogens is 338 g/mol. The normalized spacial score (nSPS) is 14.0. The molecule has 0 bridgehead atoms. The second-order valence-corrected chi connectivity index (χ2v) is 6.88. The number of hydrogen-bond acceptors (Lipinski definition) is 5. The first-order chi connectivity index (χ1) is 12.1. The van der Waals surface area contributed by atoms with Gasteiger partial charge in [0.1, 0.15) is 13.2 Å². The number of ether oxygens (including phenoxy) is 2. The van der Waals surface area contributed by atoms with Crippen molar-refractivity contribution in [3.8, 4) is 11.5 Å². The number of nitrogens with one attached hydrogen (secondary N) is 1. The number of benzene rings is 1. The van der Waals surface area contributed by atoms with Crippen molar-refractivity contribution in [3.63, 3.8) is 0 Å². The number of hydrogen-bond donors (Lipinski definition) is 1. The number of thiophene rings is 1. The van der Waals surface area contributed by atoms with Crippen LogP contribution in [-0.2, 0) is 0 Å². The van der Waals surface area contributed by atoms with Gasteiger partial charge in [0.15, 0.2) is 17.3 Å². The van der Waals surface area contributed by atoms with Gasteiger partial charge in [0, 0.05) is 5.38 Å². The summed E-state index contributed by atoms with van der Waals surface area (Å²) < 4.78 is 11.2. The minimum Gasteiger partial charge on any atom is -0.486 e. The second kappa shape index (κ2) is 7.70. The summed E-state index contributed by atoms with van der Waals surface area (Å²) in [6.07, 6.45) is 1.75. The Hall–Kier alpha value is -2.34. The Morgan fingerprint density at radius 3 is 2.64 bits per heavy atom. The van der Waals surface area contributed by atoms with Gasteiger partial charge in [-0.3, -0.25) is 9.59 Å². The molecule has 0 aliphatic carbocycles. The molecular formula is C19H21NO4S. The third-order valence-corrected chi connectivity index (χ3v) is 5.09. The molecule has 1 aliphatic heterocycles. The van der Waals surface area contributed by atoms with E-state index in [1.54, 1.807) is 11.4 Å². The second-order valence-electron chi connectivity index (χ2n) is 5.97. The topological polar surface area (TPSA) is 64.6 Å². The van der Waals surface area contributed by atoms with E-state index in [4.69, 9.17) is 9.47 Å². The SMILES string of the molecule is CCCC(NC(=O)c1csc(C(C)=O)c1)c1ccc2c(c1)OCCO2. The summed E-state index contributed by atoms with van der Waals surface area (Å²) in [6, 6.07) is 7.31. The van der Waals surface area contributed by atoms with Gasteiger partial charge >= 0.3 is 0 Å². The van der Waals surface area contributed by atoms with Crippen molar-refractivity contribution in [1.29, 1.82) is 0 Å². The average Bonchev–Trinajstić information content (AvgIpc) is 3.11. The molecule has 0 radical (unpaired) electrons. The van der Waals surface area contributed by atoms with Crippen molar-refractivity contribution in [2.75, 3.05) is 13.2 Å². The van der Waals surface area contributed by atoms with Gasteiger partial charge in [0.25, 0.3) is 5.91 Å². The summed E-state index contributed by atoms with van der Waals surface area (Å²) in [5.74, 6) is 1.26. The average molecular weight is 359 g/mol. The van der Waals surface area contributed by atoms with Gasteiger partial charge < -0.3 is 14.8 Å². The smallest absolute Gasteiger partial charge is 0.252 e. The fourth-order valence-corrected chi connectivity index (χ4v) is 3.56. The van der Waals surface area contributed by atoms with Crippen molar-refractivity contribution in [2.24, 2.45) is 0 Å². The highest BCUT2D eigenvalue weighted by Gasteiger charge is 2.20. The summed E-state index contributed by atoms with van der Waals surface area (Å²) in [5.41, 5.74) is 1.51. The summed E-state index contributed by atoms with van der Waals surface area (Å²) in [4.78, 5) is 24.6. The molecule has 0 fully saturated rings. The summed E-state index contributed by atoms with van der Waals surface area (Å²) in [6.45, 7) is 4.67. The molecule has 3 rings (SSSR count). The minimum atomic E-state index is -0.169. The van der Waals surface area contributed by atoms with Crippen LogP contribution in [-0.4, -0.2) is 24.9 Å². The highest BCUT2D eigenvalue weighted by atomic mass is 32.1. The molecule has 1 atom stereocenters. The number of carbonyl (C=O) groups is 2. The molecule has 1 amide bonds. The third kappa shape index (κ3) is 4.02. The lowest BCUT2D eigenvalue weighted by Gasteiger charge is -2.22. The van der Waals surface area contributed by atoms with Gasteiger partial charge in [-0.2, -0.15) is 0 Å². The lowest BCUT2D eigenvalue weighted by atomic mass is 10.0. The Morgan fingerprint density at radius 1 is 1.20 bits per heavy atom. The van der Waals surface area contributed by atoms with E-state index in [0.717, 1.165) is 24.2 Å². The van der Waals surface area contributed by atoms with Crippen molar-refractivity contribution in [1.82, 2.24) is 5.32 Å². The molecule has 1 aliphatic rings. The van der Waals surface area contributed by atoms with E-state index in [9.17, 15) is 9.59 Å². The molecule has 0 saturated carbocycles. The maximum Gasteiger partial charge on any atom is 0.252 e.